The Kier molecular flexibility index (Phi) is 4.77. The number of hydrogen-bond donors (Lipinski definition) is 2. The fourth-order valence-corrected chi connectivity index (χ4v) is 3.81. The molecule has 5 nitrogen and oxygen atoms in total. The lowest BCUT2D eigenvalue weighted by molar-refractivity contribution is -0.120. The number of para-hydroxylation sites is 3. The lowest BCUT2D eigenvalue weighted by Gasteiger charge is -2.08. The minimum absolute atomic E-state index is 0.0220. The van der Waals surface area contributed by atoms with E-state index < -0.39 is 0 Å². The number of carbonyl (C=O) groups excluding carboxylic acids is 1. The van der Waals surface area contributed by atoms with Crippen LogP contribution in [-0.2, 0) is 24.3 Å². The van der Waals surface area contributed by atoms with Crippen molar-refractivity contribution in [3.63, 3.8) is 0 Å². The first-order valence-electron chi connectivity index (χ1n) is 10.1. The molecule has 2 heterocycles. The van der Waals surface area contributed by atoms with Crippen LogP contribution in [0, 0.1) is 0 Å². The third kappa shape index (κ3) is 3.70. The van der Waals surface area contributed by atoms with Gasteiger partial charge in [0.05, 0.1) is 23.8 Å². The summed E-state index contributed by atoms with van der Waals surface area (Å²) in [4.78, 5) is 20.1. The fourth-order valence-electron chi connectivity index (χ4n) is 3.81. The molecule has 5 rings (SSSR count). The Morgan fingerprint density at radius 1 is 0.933 bits per heavy atom. The quantitative estimate of drug-likeness (QED) is 0.448. The molecule has 5 aromatic rings. The molecule has 0 fully saturated rings. The standard InChI is InChI=1S/C25H22N4O/c30-25(13-20-15-26-22-6-2-1-5-21(20)22)27-14-18-9-11-19(12-10-18)16-29-17-28-23-7-3-4-8-24(23)29/h1-12,15,17,26H,13-14,16H2,(H,27,30). The van der Waals surface area contributed by atoms with Gasteiger partial charge in [0.2, 0.25) is 5.91 Å². The highest BCUT2D eigenvalue weighted by Crippen LogP contribution is 2.18. The molecule has 2 aromatic heterocycles. The van der Waals surface area contributed by atoms with Gasteiger partial charge in [-0.25, -0.2) is 4.98 Å². The van der Waals surface area contributed by atoms with Crippen LogP contribution in [0.3, 0.4) is 0 Å². The van der Waals surface area contributed by atoms with E-state index in [9.17, 15) is 4.79 Å². The molecule has 0 aliphatic carbocycles. The van der Waals surface area contributed by atoms with Crippen molar-refractivity contribution in [3.8, 4) is 0 Å². The van der Waals surface area contributed by atoms with Crippen molar-refractivity contribution >= 4 is 27.8 Å². The van der Waals surface area contributed by atoms with Crippen LogP contribution in [0.2, 0.25) is 0 Å². The Morgan fingerprint density at radius 3 is 2.60 bits per heavy atom. The van der Waals surface area contributed by atoms with E-state index in [4.69, 9.17) is 0 Å². The summed E-state index contributed by atoms with van der Waals surface area (Å²) in [6.07, 6.45) is 4.16. The number of benzene rings is 3. The van der Waals surface area contributed by atoms with Crippen LogP contribution in [0.1, 0.15) is 16.7 Å². The molecule has 0 spiro atoms. The van der Waals surface area contributed by atoms with Gasteiger partial charge in [0.25, 0.3) is 0 Å². The maximum Gasteiger partial charge on any atom is 0.224 e. The number of fused-ring (bicyclic) bond motifs is 2. The van der Waals surface area contributed by atoms with Crippen LogP contribution in [0.5, 0.6) is 0 Å². The predicted octanol–water partition coefficient (Wildman–Crippen LogP) is 4.42. The van der Waals surface area contributed by atoms with Crippen molar-refractivity contribution in [2.75, 3.05) is 0 Å². The number of rotatable bonds is 6. The van der Waals surface area contributed by atoms with Crippen LogP contribution in [0.4, 0.5) is 0 Å². The number of imidazole rings is 1. The van der Waals surface area contributed by atoms with Crippen LogP contribution in [0.25, 0.3) is 21.9 Å². The topological polar surface area (TPSA) is 62.7 Å². The molecular weight excluding hydrogens is 372 g/mol. The van der Waals surface area contributed by atoms with Gasteiger partial charge in [0, 0.05) is 30.2 Å². The molecule has 0 saturated heterocycles. The van der Waals surface area contributed by atoms with Gasteiger partial charge in [-0.3, -0.25) is 4.79 Å². The van der Waals surface area contributed by atoms with Gasteiger partial charge in [-0.1, -0.05) is 54.6 Å². The van der Waals surface area contributed by atoms with E-state index in [-0.39, 0.29) is 5.91 Å². The number of carbonyl (C=O) groups is 1. The van der Waals surface area contributed by atoms with Crippen molar-refractivity contribution in [3.05, 3.63) is 102 Å². The lowest BCUT2D eigenvalue weighted by Crippen LogP contribution is -2.24. The van der Waals surface area contributed by atoms with Crippen molar-refractivity contribution in [1.29, 1.82) is 0 Å². The Bertz CT molecular complexity index is 1310. The van der Waals surface area contributed by atoms with Crippen LogP contribution >= 0.6 is 0 Å². The maximum absolute atomic E-state index is 12.4. The summed E-state index contributed by atoms with van der Waals surface area (Å²) < 4.78 is 2.15. The second kappa shape index (κ2) is 7.87. The fraction of sp³-hybridized carbons (Fsp3) is 0.120. The summed E-state index contributed by atoms with van der Waals surface area (Å²) in [6, 6.07) is 24.5. The van der Waals surface area contributed by atoms with Gasteiger partial charge >= 0.3 is 0 Å². The number of nitrogens with one attached hydrogen (secondary N) is 2. The molecule has 30 heavy (non-hydrogen) atoms. The number of H-pyrrole nitrogens is 1. The van der Waals surface area contributed by atoms with Gasteiger partial charge in [-0.2, -0.15) is 0 Å². The largest absolute Gasteiger partial charge is 0.361 e. The summed E-state index contributed by atoms with van der Waals surface area (Å²) >= 11 is 0. The zero-order chi connectivity index (χ0) is 20.3. The normalized spacial score (nSPS) is 11.2. The first-order valence-corrected chi connectivity index (χ1v) is 10.1. The molecule has 0 radical (unpaired) electrons. The summed E-state index contributed by atoms with van der Waals surface area (Å²) in [6.45, 7) is 1.29. The van der Waals surface area contributed by atoms with Crippen LogP contribution in [0.15, 0.2) is 85.3 Å². The second-order valence-corrected chi connectivity index (χ2v) is 7.49. The highest BCUT2D eigenvalue weighted by molar-refractivity contribution is 5.88. The SMILES string of the molecule is O=C(Cc1c[nH]c2ccccc12)NCc1ccc(Cn2cnc3ccccc32)cc1. The molecule has 148 valence electrons. The molecule has 0 bridgehead atoms. The zero-order valence-electron chi connectivity index (χ0n) is 16.5. The Balaban J connectivity index is 1.19. The number of amides is 1. The number of aromatic amines is 1. The first-order chi connectivity index (χ1) is 14.8. The first kappa shape index (κ1) is 18.2. The van der Waals surface area contributed by atoms with Crippen molar-refractivity contribution < 1.29 is 4.79 Å². The molecule has 0 aliphatic heterocycles. The lowest BCUT2D eigenvalue weighted by atomic mass is 10.1. The van der Waals surface area contributed by atoms with Crippen molar-refractivity contribution in [1.82, 2.24) is 19.9 Å². The summed E-state index contributed by atoms with van der Waals surface area (Å²) in [5.74, 6) is 0.0220. The minimum Gasteiger partial charge on any atom is -0.361 e. The Hall–Kier alpha value is -3.86. The highest BCUT2D eigenvalue weighted by atomic mass is 16.1. The molecule has 3 aromatic carbocycles. The third-order valence-corrected chi connectivity index (χ3v) is 5.42. The molecule has 5 heteroatoms. The van der Waals surface area contributed by atoms with E-state index >= 15 is 0 Å². The third-order valence-electron chi connectivity index (χ3n) is 5.42. The second-order valence-electron chi connectivity index (χ2n) is 7.49. The van der Waals surface area contributed by atoms with Gasteiger partial charge in [0.1, 0.15) is 0 Å². The van der Waals surface area contributed by atoms with Gasteiger partial charge in [0.15, 0.2) is 0 Å². The van der Waals surface area contributed by atoms with E-state index in [1.807, 2.05) is 55.0 Å². The minimum atomic E-state index is 0.0220. The van der Waals surface area contributed by atoms with Crippen LogP contribution in [-0.4, -0.2) is 20.4 Å². The average Bonchev–Trinajstić information content (AvgIpc) is 3.38. The molecule has 1 amide bonds. The van der Waals surface area contributed by atoms with Crippen molar-refractivity contribution in [2.45, 2.75) is 19.5 Å². The van der Waals surface area contributed by atoms with Gasteiger partial charge < -0.3 is 14.9 Å². The number of nitrogens with zero attached hydrogens (tertiary/aromatic N) is 2. The number of aromatic nitrogens is 3. The van der Waals surface area contributed by atoms with Crippen molar-refractivity contribution in [2.24, 2.45) is 0 Å². The van der Waals surface area contributed by atoms with Crippen LogP contribution < -0.4 is 5.32 Å². The molecule has 0 atom stereocenters. The van der Waals surface area contributed by atoms with E-state index in [0.29, 0.717) is 13.0 Å². The Labute approximate surface area is 174 Å². The highest BCUT2D eigenvalue weighted by Gasteiger charge is 2.08. The van der Waals surface area contributed by atoms with Gasteiger partial charge in [-0.15, -0.1) is 0 Å². The molecular formula is C25H22N4O. The molecule has 0 saturated carbocycles. The molecule has 0 aliphatic rings. The summed E-state index contributed by atoms with van der Waals surface area (Å²) in [7, 11) is 0. The smallest absolute Gasteiger partial charge is 0.224 e. The van der Waals surface area contributed by atoms with E-state index in [2.05, 4.69) is 50.2 Å². The van der Waals surface area contributed by atoms with E-state index in [0.717, 1.165) is 39.6 Å². The Morgan fingerprint density at radius 2 is 1.70 bits per heavy atom. The van der Waals surface area contributed by atoms with E-state index in [1.165, 1.54) is 5.56 Å². The van der Waals surface area contributed by atoms with E-state index in [1.54, 1.807) is 0 Å². The maximum atomic E-state index is 12.4. The molecule has 2 N–H and O–H groups in total. The average molecular weight is 394 g/mol. The number of hydrogen-bond acceptors (Lipinski definition) is 2. The summed E-state index contributed by atoms with van der Waals surface area (Å²) in [5.41, 5.74) is 6.50. The summed E-state index contributed by atoms with van der Waals surface area (Å²) in [5, 5.41) is 4.12. The zero-order valence-corrected chi connectivity index (χ0v) is 16.5. The predicted molar refractivity (Wildman–Crippen MR) is 119 cm³/mol. The monoisotopic (exact) mass is 394 g/mol. The van der Waals surface area contributed by atoms with Gasteiger partial charge in [-0.05, 0) is 34.9 Å². The molecule has 0 unspecified atom stereocenters.